The summed E-state index contributed by atoms with van der Waals surface area (Å²) < 4.78 is 0. The molecule has 0 atom stereocenters. The quantitative estimate of drug-likeness (QED) is 0.384. The maximum absolute atomic E-state index is 3.63. The van der Waals surface area contributed by atoms with E-state index in [2.05, 4.69) is 40.9 Å². The van der Waals surface area contributed by atoms with E-state index in [1.165, 1.54) is 0 Å². The third-order valence-electron chi connectivity index (χ3n) is 5.23. The van der Waals surface area contributed by atoms with E-state index < -0.39 is 0 Å². The summed E-state index contributed by atoms with van der Waals surface area (Å²) in [5, 5.41) is 14.5. The summed E-state index contributed by atoms with van der Waals surface area (Å²) in [4.78, 5) is 10.2. The first-order valence-corrected chi connectivity index (χ1v) is 9.62. The Hall–Kier alpha value is -0.320. The SMILES string of the molecule is C1CN2CCNCN(CCN3CCNCN(CC2)CNCC3)CN1. The Bertz CT molecular complexity index is 254. The second-order valence-corrected chi connectivity index (χ2v) is 7.10. The molecule has 8 heteroatoms. The molecular formula is C16H36N8. The molecule has 0 aromatic carbocycles. The molecule has 140 valence electrons. The fraction of sp³-hybridized carbons (Fsp3) is 1.00. The molecular weight excluding hydrogens is 304 g/mol. The zero-order valence-electron chi connectivity index (χ0n) is 15.1. The van der Waals surface area contributed by atoms with Crippen LogP contribution >= 0.6 is 0 Å². The topological polar surface area (TPSA) is 61.1 Å². The molecule has 6 saturated heterocycles. The van der Waals surface area contributed by atoms with E-state index in [1.807, 2.05) is 0 Å². The van der Waals surface area contributed by atoms with Gasteiger partial charge in [-0.25, -0.2) is 0 Å². The lowest BCUT2D eigenvalue weighted by molar-refractivity contribution is 0.137. The molecule has 0 aromatic rings. The van der Waals surface area contributed by atoms with Crippen LogP contribution in [-0.2, 0) is 0 Å². The molecule has 24 heavy (non-hydrogen) atoms. The van der Waals surface area contributed by atoms with Crippen LogP contribution in [0.3, 0.4) is 0 Å². The van der Waals surface area contributed by atoms with Crippen molar-refractivity contribution < 1.29 is 0 Å². The summed E-state index contributed by atoms with van der Waals surface area (Å²) in [6.45, 7) is 17.3. The lowest BCUT2D eigenvalue weighted by Gasteiger charge is -2.34. The smallest absolute Gasteiger partial charge is 0.0493 e. The van der Waals surface area contributed by atoms with E-state index in [9.17, 15) is 0 Å². The Kier molecular flexibility index (Phi) is 8.17. The van der Waals surface area contributed by atoms with Crippen LogP contribution in [0.1, 0.15) is 0 Å². The summed E-state index contributed by atoms with van der Waals surface area (Å²) in [5.74, 6) is 0. The second kappa shape index (κ2) is 10.6. The van der Waals surface area contributed by atoms with Crippen LogP contribution in [0.15, 0.2) is 0 Å². The number of nitrogens with zero attached hydrogens (tertiary/aromatic N) is 4. The minimum Gasteiger partial charge on any atom is -0.303 e. The fourth-order valence-corrected chi connectivity index (χ4v) is 3.56. The van der Waals surface area contributed by atoms with Gasteiger partial charge in [0, 0.05) is 105 Å². The first-order valence-electron chi connectivity index (χ1n) is 9.62. The molecule has 0 unspecified atom stereocenters. The third-order valence-corrected chi connectivity index (χ3v) is 5.23. The van der Waals surface area contributed by atoms with Gasteiger partial charge in [-0.3, -0.25) is 19.6 Å². The van der Waals surface area contributed by atoms with Crippen molar-refractivity contribution in [3.63, 3.8) is 0 Å². The molecule has 4 N–H and O–H groups in total. The molecule has 8 nitrogen and oxygen atoms in total. The van der Waals surface area contributed by atoms with Crippen molar-refractivity contribution in [1.29, 1.82) is 0 Å². The highest BCUT2D eigenvalue weighted by Crippen LogP contribution is 1.97. The van der Waals surface area contributed by atoms with Gasteiger partial charge in [0.2, 0.25) is 0 Å². The van der Waals surface area contributed by atoms with Gasteiger partial charge in [0.15, 0.2) is 0 Å². The van der Waals surface area contributed by atoms with Gasteiger partial charge in [-0.15, -0.1) is 0 Å². The predicted molar refractivity (Wildman–Crippen MR) is 97.8 cm³/mol. The fourth-order valence-electron chi connectivity index (χ4n) is 3.56. The van der Waals surface area contributed by atoms with E-state index in [4.69, 9.17) is 0 Å². The van der Waals surface area contributed by atoms with Gasteiger partial charge in [-0.1, -0.05) is 0 Å². The van der Waals surface area contributed by atoms with Crippen LogP contribution in [-0.4, -0.2) is 125 Å². The first kappa shape index (κ1) is 18.5. The molecule has 6 aliphatic rings. The summed E-state index contributed by atoms with van der Waals surface area (Å²) >= 11 is 0. The normalized spacial score (nSPS) is 38.0. The zero-order chi connectivity index (χ0) is 16.5. The zero-order valence-corrected chi connectivity index (χ0v) is 15.1. The van der Waals surface area contributed by atoms with Crippen molar-refractivity contribution in [2.75, 3.05) is 105 Å². The largest absolute Gasteiger partial charge is 0.303 e. The van der Waals surface area contributed by atoms with Crippen molar-refractivity contribution >= 4 is 0 Å². The Balaban J connectivity index is 1.66. The highest BCUT2D eigenvalue weighted by Gasteiger charge is 2.15. The standard InChI is InChI=1S/C16H36N8/c1-5-21-6-2-18-14-23(13-17-1)12-10-22-7-3-19-15-24(11-9-21)16-20-4-8-22/h17-20H,1-16H2. The number of hydrogen-bond acceptors (Lipinski definition) is 8. The van der Waals surface area contributed by atoms with E-state index in [0.717, 1.165) is 105 Å². The molecule has 0 spiro atoms. The monoisotopic (exact) mass is 340 g/mol. The second-order valence-electron chi connectivity index (χ2n) is 7.10. The van der Waals surface area contributed by atoms with Crippen molar-refractivity contribution in [1.82, 2.24) is 40.9 Å². The van der Waals surface area contributed by atoms with Gasteiger partial charge in [0.25, 0.3) is 0 Å². The Labute approximate surface area is 146 Å². The number of rotatable bonds is 0. The average Bonchev–Trinajstić information content (AvgIpc) is 2.61. The summed E-state index contributed by atoms with van der Waals surface area (Å²) in [6.07, 6.45) is 0. The van der Waals surface area contributed by atoms with Crippen LogP contribution in [0, 0.1) is 0 Å². The van der Waals surface area contributed by atoms with Crippen molar-refractivity contribution in [2.45, 2.75) is 0 Å². The van der Waals surface area contributed by atoms with Crippen LogP contribution in [0.25, 0.3) is 0 Å². The van der Waals surface area contributed by atoms with Gasteiger partial charge < -0.3 is 21.3 Å². The van der Waals surface area contributed by atoms with Crippen LogP contribution in [0.5, 0.6) is 0 Å². The van der Waals surface area contributed by atoms with Gasteiger partial charge in [0.1, 0.15) is 0 Å². The minimum atomic E-state index is 0.983. The highest BCUT2D eigenvalue weighted by molar-refractivity contribution is 4.72. The molecule has 0 amide bonds. The van der Waals surface area contributed by atoms with Crippen LogP contribution < -0.4 is 21.3 Å². The van der Waals surface area contributed by atoms with Gasteiger partial charge in [-0.05, 0) is 0 Å². The van der Waals surface area contributed by atoms with Crippen molar-refractivity contribution in [2.24, 2.45) is 0 Å². The molecule has 0 aromatic heterocycles. The van der Waals surface area contributed by atoms with Gasteiger partial charge in [0.05, 0.1) is 0 Å². The van der Waals surface area contributed by atoms with Crippen molar-refractivity contribution in [3.8, 4) is 0 Å². The Morgan fingerprint density at radius 2 is 0.625 bits per heavy atom. The van der Waals surface area contributed by atoms with Crippen molar-refractivity contribution in [3.05, 3.63) is 0 Å². The molecule has 0 radical (unpaired) electrons. The molecule has 0 saturated carbocycles. The maximum Gasteiger partial charge on any atom is 0.0493 e. The number of nitrogens with one attached hydrogen (secondary N) is 4. The average molecular weight is 341 g/mol. The lowest BCUT2D eigenvalue weighted by Crippen LogP contribution is -2.53. The molecule has 0 aliphatic carbocycles. The van der Waals surface area contributed by atoms with Gasteiger partial charge in [-0.2, -0.15) is 0 Å². The first-order chi connectivity index (χ1) is 11.9. The van der Waals surface area contributed by atoms with Crippen LogP contribution in [0.2, 0.25) is 0 Å². The third kappa shape index (κ3) is 6.53. The van der Waals surface area contributed by atoms with E-state index in [-0.39, 0.29) is 0 Å². The molecule has 6 aliphatic heterocycles. The molecule has 4 bridgehead atoms. The number of hydrogen-bond donors (Lipinski definition) is 4. The Morgan fingerprint density at radius 1 is 0.333 bits per heavy atom. The summed E-state index contributed by atoms with van der Waals surface area (Å²) in [6, 6.07) is 0. The van der Waals surface area contributed by atoms with E-state index in [1.54, 1.807) is 0 Å². The van der Waals surface area contributed by atoms with E-state index >= 15 is 0 Å². The molecule has 6 heterocycles. The molecule has 6 fully saturated rings. The predicted octanol–water partition coefficient (Wildman–Crippen LogP) is -2.58. The maximum atomic E-state index is 3.63. The molecule has 6 rings (SSSR count). The summed E-state index contributed by atoms with van der Waals surface area (Å²) in [5.41, 5.74) is 0. The van der Waals surface area contributed by atoms with Gasteiger partial charge >= 0.3 is 0 Å². The van der Waals surface area contributed by atoms with E-state index in [0.29, 0.717) is 0 Å². The summed E-state index contributed by atoms with van der Waals surface area (Å²) in [7, 11) is 0. The Morgan fingerprint density at radius 3 is 0.958 bits per heavy atom. The minimum absolute atomic E-state index is 0.983. The highest BCUT2D eigenvalue weighted by atomic mass is 15.3. The van der Waals surface area contributed by atoms with Crippen LogP contribution in [0.4, 0.5) is 0 Å². The lowest BCUT2D eigenvalue weighted by atomic mass is 10.3.